The van der Waals surface area contributed by atoms with Crippen molar-refractivity contribution in [2.75, 3.05) is 5.32 Å². The number of carbonyl (C=O) groups excluding carboxylic acids is 1. The highest BCUT2D eigenvalue weighted by Crippen LogP contribution is 2.19. The van der Waals surface area contributed by atoms with Gasteiger partial charge in [-0.05, 0) is 41.8 Å². The van der Waals surface area contributed by atoms with Crippen molar-refractivity contribution < 1.29 is 4.79 Å². The Labute approximate surface area is 117 Å². The summed E-state index contributed by atoms with van der Waals surface area (Å²) in [6.07, 6.45) is 3.94. The molecule has 0 fully saturated rings. The fraction of sp³-hybridized carbons (Fsp3) is 0.200. The number of amides is 1. The number of pyridine rings is 1. The Kier molecular flexibility index (Phi) is 4.53. The lowest BCUT2D eigenvalue weighted by Gasteiger charge is -2.11. The summed E-state index contributed by atoms with van der Waals surface area (Å²) >= 11 is 5.79. The van der Waals surface area contributed by atoms with Gasteiger partial charge in [0.1, 0.15) is 0 Å². The lowest BCUT2D eigenvalue weighted by Crippen LogP contribution is -2.14. The van der Waals surface area contributed by atoms with E-state index in [4.69, 9.17) is 11.6 Å². The van der Waals surface area contributed by atoms with Crippen molar-refractivity contribution in [3.05, 3.63) is 59.4 Å². The largest absolute Gasteiger partial charge is 0.326 e. The van der Waals surface area contributed by atoms with Gasteiger partial charge in [-0.25, -0.2) is 0 Å². The van der Waals surface area contributed by atoms with Gasteiger partial charge in [-0.15, -0.1) is 0 Å². The summed E-state index contributed by atoms with van der Waals surface area (Å²) in [5.74, 6) is 0.125. The molecule has 1 atom stereocenters. The average Bonchev–Trinajstić information content (AvgIpc) is 2.42. The van der Waals surface area contributed by atoms with E-state index < -0.39 is 0 Å². The number of carbonyl (C=O) groups is 1. The number of halogens is 1. The van der Waals surface area contributed by atoms with Crippen LogP contribution in [0.2, 0.25) is 5.02 Å². The molecule has 2 rings (SSSR count). The zero-order chi connectivity index (χ0) is 13.7. The number of aromatic nitrogens is 1. The Morgan fingerprint density at radius 2 is 2.05 bits per heavy atom. The van der Waals surface area contributed by atoms with Crippen molar-refractivity contribution in [3.8, 4) is 0 Å². The molecule has 3 nitrogen and oxygen atoms in total. The fourth-order valence-corrected chi connectivity index (χ4v) is 1.93. The second-order valence-corrected chi connectivity index (χ2v) is 4.88. The van der Waals surface area contributed by atoms with Crippen LogP contribution in [-0.2, 0) is 4.79 Å². The van der Waals surface area contributed by atoms with E-state index >= 15 is 0 Å². The number of hydrogen-bond acceptors (Lipinski definition) is 2. The number of anilines is 1. The highest BCUT2D eigenvalue weighted by molar-refractivity contribution is 6.30. The van der Waals surface area contributed by atoms with Gasteiger partial charge in [-0.1, -0.05) is 24.6 Å². The van der Waals surface area contributed by atoms with Gasteiger partial charge in [0.25, 0.3) is 0 Å². The molecule has 1 unspecified atom stereocenters. The molecule has 0 saturated carbocycles. The van der Waals surface area contributed by atoms with Gasteiger partial charge in [0.05, 0.1) is 0 Å². The maximum absolute atomic E-state index is 11.9. The minimum absolute atomic E-state index is 0.0151. The minimum atomic E-state index is -0.0151. The Morgan fingerprint density at radius 3 is 2.68 bits per heavy atom. The summed E-state index contributed by atoms with van der Waals surface area (Å²) in [7, 11) is 0. The van der Waals surface area contributed by atoms with Crippen LogP contribution in [0.1, 0.15) is 24.8 Å². The van der Waals surface area contributed by atoms with Crippen molar-refractivity contribution in [2.24, 2.45) is 0 Å². The van der Waals surface area contributed by atoms with Crippen LogP contribution in [0.15, 0.2) is 48.8 Å². The average molecular weight is 275 g/mol. The molecule has 0 radical (unpaired) electrons. The highest BCUT2D eigenvalue weighted by atomic mass is 35.5. The van der Waals surface area contributed by atoms with E-state index in [9.17, 15) is 4.79 Å². The molecular formula is C15H15ClN2O. The Balaban J connectivity index is 1.93. The van der Waals surface area contributed by atoms with Gasteiger partial charge in [-0.2, -0.15) is 0 Å². The first-order valence-corrected chi connectivity index (χ1v) is 6.48. The Morgan fingerprint density at radius 1 is 1.32 bits per heavy atom. The summed E-state index contributed by atoms with van der Waals surface area (Å²) in [5.41, 5.74) is 1.82. The SMILES string of the molecule is CC(CC(=O)Nc1ccc(Cl)cc1)c1cccnc1. The van der Waals surface area contributed by atoms with Crippen molar-refractivity contribution >= 4 is 23.2 Å². The summed E-state index contributed by atoms with van der Waals surface area (Å²) < 4.78 is 0. The van der Waals surface area contributed by atoms with Gasteiger partial charge in [0, 0.05) is 29.5 Å². The predicted octanol–water partition coefficient (Wildman–Crippen LogP) is 3.87. The normalized spacial score (nSPS) is 11.9. The summed E-state index contributed by atoms with van der Waals surface area (Å²) in [5, 5.41) is 3.51. The molecule has 0 aliphatic carbocycles. The molecule has 1 amide bonds. The van der Waals surface area contributed by atoms with Crippen LogP contribution in [0.5, 0.6) is 0 Å². The van der Waals surface area contributed by atoms with E-state index in [2.05, 4.69) is 10.3 Å². The molecule has 1 aromatic carbocycles. The molecule has 0 saturated heterocycles. The first-order chi connectivity index (χ1) is 9.15. The predicted molar refractivity (Wildman–Crippen MR) is 77.4 cm³/mol. The second-order valence-electron chi connectivity index (χ2n) is 4.45. The summed E-state index contributed by atoms with van der Waals surface area (Å²) in [6.45, 7) is 2.01. The lowest BCUT2D eigenvalue weighted by molar-refractivity contribution is -0.116. The lowest BCUT2D eigenvalue weighted by atomic mass is 9.99. The number of hydrogen-bond donors (Lipinski definition) is 1. The zero-order valence-corrected chi connectivity index (χ0v) is 11.4. The number of benzene rings is 1. The van der Waals surface area contributed by atoms with Crippen molar-refractivity contribution in [2.45, 2.75) is 19.3 Å². The van der Waals surface area contributed by atoms with Gasteiger partial charge in [0.15, 0.2) is 0 Å². The molecule has 1 aromatic heterocycles. The van der Waals surface area contributed by atoms with E-state index in [-0.39, 0.29) is 11.8 Å². The first-order valence-electron chi connectivity index (χ1n) is 6.10. The highest BCUT2D eigenvalue weighted by Gasteiger charge is 2.11. The van der Waals surface area contributed by atoms with Crippen LogP contribution in [0, 0.1) is 0 Å². The van der Waals surface area contributed by atoms with Crippen LogP contribution in [0.25, 0.3) is 0 Å². The third-order valence-electron chi connectivity index (χ3n) is 2.87. The van der Waals surface area contributed by atoms with E-state index in [1.807, 2.05) is 19.1 Å². The third kappa shape index (κ3) is 4.07. The Bertz CT molecular complexity index is 540. The number of rotatable bonds is 4. The monoisotopic (exact) mass is 274 g/mol. The zero-order valence-electron chi connectivity index (χ0n) is 10.6. The fourth-order valence-electron chi connectivity index (χ4n) is 1.81. The topological polar surface area (TPSA) is 42.0 Å². The van der Waals surface area contributed by atoms with Crippen LogP contribution < -0.4 is 5.32 Å². The van der Waals surface area contributed by atoms with Crippen LogP contribution in [0.4, 0.5) is 5.69 Å². The van der Waals surface area contributed by atoms with Crippen LogP contribution >= 0.6 is 11.6 Å². The van der Waals surface area contributed by atoms with E-state index in [1.54, 1.807) is 36.7 Å². The van der Waals surface area contributed by atoms with Crippen molar-refractivity contribution in [3.63, 3.8) is 0 Å². The van der Waals surface area contributed by atoms with Crippen LogP contribution in [-0.4, -0.2) is 10.9 Å². The molecule has 1 N–H and O–H groups in total. The van der Waals surface area contributed by atoms with E-state index in [1.165, 1.54) is 0 Å². The van der Waals surface area contributed by atoms with Gasteiger partial charge in [-0.3, -0.25) is 9.78 Å². The van der Waals surface area contributed by atoms with Gasteiger partial charge in [0.2, 0.25) is 5.91 Å². The smallest absolute Gasteiger partial charge is 0.224 e. The van der Waals surface area contributed by atoms with Crippen molar-refractivity contribution in [1.29, 1.82) is 0 Å². The van der Waals surface area contributed by atoms with E-state index in [0.717, 1.165) is 11.3 Å². The molecular weight excluding hydrogens is 260 g/mol. The second kappa shape index (κ2) is 6.34. The minimum Gasteiger partial charge on any atom is -0.326 e. The molecule has 0 spiro atoms. The number of nitrogens with zero attached hydrogens (tertiary/aromatic N) is 1. The van der Waals surface area contributed by atoms with Gasteiger partial charge >= 0.3 is 0 Å². The summed E-state index contributed by atoms with van der Waals surface area (Å²) in [4.78, 5) is 16.0. The standard InChI is InChI=1S/C15H15ClN2O/c1-11(12-3-2-8-17-10-12)9-15(19)18-14-6-4-13(16)5-7-14/h2-8,10-11H,9H2,1H3,(H,18,19). The molecule has 19 heavy (non-hydrogen) atoms. The maximum Gasteiger partial charge on any atom is 0.224 e. The van der Waals surface area contributed by atoms with Crippen molar-refractivity contribution in [1.82, 2.24) is 4.98 Å². The van der Waals surface area contributed by atoms with E-state index in [0.29, 0.717) is 11.4 Å². The molecule has 1 heterocycles. The molecule has 4 heteroatoms. The maximum atomic E-state index is 11.9. The third-order valence-corrected chi connectivity index (χ3v) is 3.12. The quantitative estimate of drug-likeness (QED) is 0.920. The molecule has 0 aliphatic rings. The Hall–Kier alpha value is -1.87. The molecule has 98 valence electrons. The molecule has 2 aromatic rings. The molecule has 0 bridgehead atoms. The van der Waals surface area contributed by atoms with Crippen LogP contribution in [0.3, 0.4) is 0 Å². The summed E-state index contributed by atoms with van der Waals surface area (Å²) in [6, 6.07) is 10.9. The first kappa shape index (κ1) is 13.6. The number of nitrogens with one attached hydrogen (secondary N) is 1. The van der Waals surface area contributed by atoms with Gasteiger partial charge < -0.3 is 5.32 Å². The molecule has 0 aliphatic heterocycles.